The molecule has 0 saturated heterocycles. The molecule has 1 rings (SSSR count). The number of hydrogen-bond acceptors (Lipinski definition) is 3. The van der Waals surface area contributed by atoms with Gasteiger partial charge in [-0.25, -0.2) is 0 Å². The van der Waals surface area contributed by atoms with E-state index in [2.05, 4.69) is 0 Å². The van der Waals surface area contributed by atoms with E-state index in [-0.39, 0.29) is 11.7 Å². The summed E-state index contributed by atoms with van der Waals surface area (Å²) in [6.45, 7) is 0. The monoisotopic (exact) mass is 242 g/mol. The Balaban J connectivity index is 2.86. The molecule has 0 bridgehead atoms. The predicted octanol–water partition coefficient (Wildman–Crippen LogP) is 0.994. The Hall–Kier alpha value is -1.10. The lowest BCUT2D eigenvalue weighted by Crippen LogP contribution is -2.19. The van der Waals surface area contributed by atoms with Gasteiger partial charge in [0.1, 0.15) is 11.9 Å². The second kappa shape index (κ2) is 5.84. The lowest BCUT2D eigenvalue weighted by Gasteiger charge is -2.17. The number of aliphatic hydroxyl groups is 2. The van der Waals surface area contributed by atoms with Crippen LogP contribution in [0.25, 0.3) is 0 Å². The summed E-state index contributed by atoms with van der Waals surface area (Å²) in [5, 5.41) is 26.7. The molecule has 0 heterocycles. The van der Waals surface area contributed by atoms with E-state index in [9.17, 15) is 10.2 Å². The van der Waals surface area contributed by atoms with Gasteiger partial charge in [-0.15, -0.1) is 11.6 Å². The molecule has 0 aliphatic carbocycles. The van der Waals surface area contributed by atoms with Crippen LogP contribution in [-0.4, -0.2) is 28.0 Å². The molecule has 0 radical (unpaired) electrons. The Morgan fingerprint density at radius 2 is 2.12 bits per heavy atom. The highest BCUT2D eigenvalue weighted by Gasteiger charge is 2.18. The van der Waals surface area contributed by atoms with Crippen molar-refractivity contribution in [2.45, 2.75) is 18.6 Å². The molecule has 1 aromatic rings. The zero-order valence-electron chi connectivity index (χ0n) is 8.73. The summed E-state index contributed by atoms with van der Waals surface area (Å²) in [7, 11) is 0. The van der Waals surface area contributed by atoms with Gasteiger partial charge in [-0.2, -0.15) is 0 Å². The molecule has 5 heteroatoms. The molecule has 0 aromatic heterocycles. The van der Waals surface area contributed by atoms with Gasteiger partial charge in [0.15, 0.2) is 0 Å². The average Bonchev–Trinajstić information content (AvgIpc) is 2.28. The molecule has 0 aliphatic heterocycles. The fourth-order valence-corrected chi connectivity index (χ4v) is 1.61. The van der Waals surface area contributed by atoms with Crippen LogP contribution in [0.1, 0.15) is 23.7 Å². The molecule has 2 unspecified atom stereocenters. The van der Waals surface area contributed by atoms with E-state index in [1.165, 1.54) is 0 Å². The van der Waals surface area contributed by atoms with Gasteiger partial charge in [0.2, 0.25) is 0 Å². The highest BCUT2D eigenvalue weighted by Crippen LogP contribution is 2.20. The van der Waals surface area contributed by atoms with Crippen molar-refractivity contribution < 1.29 is 10.2 Å². The maximum atomic E-state index is 9.81. The van der Waals surface area contributed by atoms with Crippen LogP contribution in [0, 0.1) is 5.41 Å². The van der Waals surface area contributed by atoms with E-state index >= 15 is 0 Å². The van der Waals surface area contributed by atoms with Crippen LogP contribution < -0.4 is 5.73 Å². The highest BCUT2D eigenvalue weighted by atomic mass is 35.5. The normalized spacial score (nSPS) is 14.4. The van der Waals surface area contributed by atoms with E-state index in [1.807, 2.05) is 0 Å². The van der Waals surface area contributed by atoms with Gasteiger partial charge in [0.05, 0.1) is 6.10 Å². The van der Waals surface area contributed by atoms with Crippen molar-refractivity contribution >= 4 is 17.4 Å². The Morgan fingerprint density at radius 3 is 2.69 bits per heavy atom. The summed E-state index contributed by atoms with van der Waals surface area (Å²) >= 11 is 5.48. The molecule has 0 fully saturated rings. The SMILES string of the molecule is N=C(N)c1cccc(C(O)C(O)CCCl)c1. The number of amidine groups is 1. The first-order chi connectivity index (χ1) is 7.56. The second-order valence-electron chi connectivity index (χ2n) is 3.53. The van der Waals surface area contributed by atoms with Crippen molar-refractivity contribution in [2.75, 3.05) is 5.88 Å². The number of nitrogen functional groups attached to an aromatic ring is 1. The van der Waals surface area contributed by atoms with Gasteiger partial charge >= 0.3 is 0 Å². The van der Waals surface area contributed by atoms with Crippen molar-refractivity contribution in [1.29, 1.82) is 5.41 Å². The van der Waals surface area contributed by atoms with E-state index in [4.69, 9.17) is 22.7 Å². The molecule has 0 saturated carbocycles. The van der Waals surface area contributed by atoms with Gasteiger partial charge in [0.25, 0.3) is 0 Å². The van der Waals surface area contributed by atoms with Gasteiger partial charge in [0, 0.05) is 11.4 Å². The van der Waals surface area contributed by atoms with E-state index in [1.54, 1.807) is 24.3 Å². The molecule has 4 nitrogen and oxygen atoms in total. The smallest absolute Gasteiger partial charge is 0.122 e. The molecule has 0 spiro atoms. The quantitative estimate of drug-likeness (QED) is 0.353. The summed E-state index contributed by atoms with van der Waals surface area (Å²) in [6, 6.07) is 6.62. The number of aliphatic hydroxyl groups excluding tert-OH is 2. The summed E-state index contributed by atoms with van der Waals surface area (Å²) in [4.78, 5) is 0. The van der Waals surface area contributed by atoms with Gasteiger partial charge in [-0.05, 0) is 18.1 Å². The molecule has 16 heavy (non-hydrogen) atoms. The number of alkyl halides is 1. The molecule has 0 amide bonds. The number of rotatable bonds is 5. The maximum Gasteiger partial charge on any atom is 0.122 e. The van der Waals surface area contributed by atoms with Crippen LogP contribution in [0.2, 0.25) is 0 Å². The fourth-order valence-electron chi connectivity index (χ4n) is 1.38. The van der Waals surface area contributed by atoms with Crippen molar-refractivity contribution in [1.82, 2.24) is 0 Å². The maximum absolute atomic E-state index is 9.81. The van der Waals surface area contributed by atoms with E-state index in [0.717, 1.165) is 0 Å². The van der Waals surface area contributed by atoms with Crippen LogP contribution in [0.15, 0.2) is 24.3 Å². The number of halogens is 1. The third-order valence-electron chi connectivity index (χ3n) is 2.31. The number of benzene rings is 1. The van der Waals surface area contributed by atoms with Crippen molar-refractivity contribution in [3.63, 3.8) is 0 Å². The first-order valence-electron chi connectivity index (χ1n) is 4.92. The summed E-state index contributed by atoms with van der Waals surface area (Å²) in [6.07, 6.45) is -1.59. The minimum Gasteiger partial charge on any atom is -0.390 e. The van der Waals surface area contributed by atoms with E-state index in [0.29, 0.717) is 17.5 Å². The third kappa shape index (κ3) is 3.20. The standard InChI is InChI=1S/C11H15ClN2O2/c12-5-4-9(15)10(16)7-2-1-3-8(6-7)11(13)14/h1-3,6,9-10,15-16H,4-5H2,(H3,13,14). The Labute approximate surface area is 99.2 Å². The van der Waals surface area contributed by atoms with Crippen LogP contribution >= 0.6 is 11.6 Å². The van der Waals surface area contributed by atoms with Gasteiger partial charge < -0.3 is 15.9 Å². The van der Waals surface area contributed by atoms with Crippen LogP contribution in [0.4, 0.5) is 0 Å². The largest absolute Gasteiger partial charge is 0.390 e. The van der Waals surface area contributed by atoms with Crippen molar-refractivity contribution in [2.24, 2.45) is 5.73 Å². The second-order valence-corrected chi connectivity index (χ2v) is 3.91. The topological polar surface area (TPSA) is 90.3 Å². The van der Waals surface area contributed by atoms with Crippen LogP contribution in [-0.2, 0) is 0 Å². The molecular formula is C11H15ClN2O2. The lowest BCUT2D eigenvalue weighted by molar-refractivity contribution is 0.0170. The van der Waals surface area contributed by atoms with Crippen LogP contribution in [0.5, 0.6) is 0 Å². The zero-order chi connectivity index (χ0) is 12.1. The Morgan fingerprint density at radius 1 is 1.44 bits per heavy atom. The molecule has 88 valence electrons. The molecule has 0 aliphatic rings. The Kier molecular flexibility index (Phi) is 4.73. The van der Waals surface area contributed by atoms with Crippen LogP contribution in [0.3, 0.4) is 0 Å². The molecular weight excluding hydrogens is 228 g/mol. The molecule has 2 atom stereocenters. The minimum atomic E-state index is -1.00. The van der Waals surface area contributed by atoms with Crippen molar-refractivity contribution in [3.8, 4) is 0 Å². The summed E-state index contributed by atoms with van der Waals surface area (Å²) in [5.41, 5.74) is 6.39. The predicted molar refractivity (Wildman–Crippen MR) is 63.8 cm³/mol. The summed E-state index contributed by atoms with van der Waals surface area (Å²) < 4.78 is 0. The number of hydrogen-bond donors (Lipinski definition) is 4. The minimum absolute atomic E-state index is 0.0686. The zero-order valence-corrected chi connectivity index (χ0v) is 9.48. The molecule has 5 N–H and O–H groups in total. The average molecular weight is 243 g/mol. The lowest BCUT2D eigenvalue weighted by atomic mass is 10.0. The highest BCUT2D eigenvalue weighted by molar-refractivity contribution is 6.17. The van der Waals surface area contributed by atoms with Gasteiger partial charge in [-0.1, -0.05) is 18.2 Å². The first-order valence-corrected chi connectivity index (χ1v) is 5.46. The first kappa shape index (κ1) is 13.0. The number of nitrogens with one attached hydrogen (secondary N) is 1. The number of nitrogens with two attached hydrogens (primary N) is 1. The van der Waals surface area contributed by atoms with Crippen molar-refractivity contribution in [3.05, 3.63) is 35.4 Å². The fraction of sp³-hybridized carbons (Fsp3) is 0.364. The van der Waals surface area contributed by atoms with E-state index < -0.39 is 12.2 Å². The van der Waals surface area contributed by atoms with Gasteiger partial charge in [-0.3, -0.25) is 5.41 Å². The third-order valence-corrected chi connectivity index (χ3v) is 2.53. The molecule has 1 aromatic carbocycles. The summed E-state index contributed by atoms with van der Waals surface area (Å²) in [5.74, 6) is 0.214. The Bertz CT molecular complexity index is 371.